The first kappa shape index (κ1) is 9.65. The molecule has 1 aliphatic rings. The number of aliphatic hydroxyl groups is 1. The van der Waals surface area contributed by atoms with E-state index >= 15 is 0 Å². The summed E-state index contributed by atoms with van der Waals surface area (Å²) in [5.74, 6) is 0. The monoisotopic (exact) mass is 194 g/mol. The van der Waals surface area contributed by atoms with Gasteiger partial charge in [-0.25, -0.2) is 0 Å². The second kappa shape index (κ2) is 4.55. The van der Waals surface area contributed by atoms with Crippen molar-refractivity contribution in [1.82, 2.24) is 0 Å². The Morgan fingerprint density at radius 2 is 2.00 bits per heavy atom. The van der Waals surface area contributed by atoms with E-state index in [1.807, 2.05) is 30.3 Å². The molecule has 0 aromatic heterocycles. The number of aliphatic hydroxyl groups excluding tert-OH is 1. The molecular formula is C11H14O3. The lowest BCUT2D eigenvalue weighted by molar-refractivity contribution is -0.152. The molecule has 0 bridgehead atoms. The Labute approximate surface area is 83.3 Å². The third-order valence-electron chi connectivity index (χ3n) is 2.30. The largest absolute Gasteiger partial charge is 0.394 e. The van der Waals surface area contributed by atoms with Crippen LogP contribution in [0.5, 0.6) is 0 Å². The maximum atomic E-state index is 8.95. The molecule has 2 rings (SSSR count). The van der Waals surface area contributed by atoms with Crippen LogP contribution in [-0.2, 0) is 9.47 Å². The van der Waals surface area contributed by atoms with Crippen LogP contribution in [0, 0.1) is 0 Å². The fourth-order valence-electron chi connectivity index (χ4n) is 1.56. The molecule has 0 saturated carbocycles. The van der Waals surface area contributed by atoms with Gasteiger partial charge >= 0.3 is 0 Å². The van der Waals surface area contributed by atoms with Gasteiger partial charge in [0.25, 0.3) is 0 Å². The third kappa shape index (κ3) is 2.12. The quantitative estimate of drug-likeness (QED) is 0.767. The van der Waals surface area contributed by atoms with Crippen molar-refractivity contribution in [3.05, 3.63) is 35.9 Å². The topological polar surface area (TPSA) is 38.7 Å². The lowest BCUT2D eigenvalue weighted by Gasteiger charge is -2.29. The van der Waals surface area contributed by atoms with E-state index in [-0.39, 0.29) is 18.8 Å². The van der Waals surface area contributed by atoms with E-state index in [4.69, 9.17) is 14.6 Å². The van der Waals surface area contributed by atoms with Crippen molar-refractivity contribution in [3.63, 3.8) is 0 Å². The molecule has 1 fully saturated rings. The molecule has 0 spiro atoms. The first-order valence-electron chi connectivity index (χ1n) is 4.79. The fraction of sp³-hybridized carbons (Fsp3) is 0.455. The molecule has 1 N–H and O–H groups in total. The minimum Gasteiger partial charge on any atom is -0.394 e. The highest BCUT2D eigenvalue weighted by Gasteiger charge is 2.23. The summed E-state index contributed by atoms with van der Waals surface area (Å²) in [6.07, 6.45) is -0.226. The molecule has 3 nitrogen and oxygen atoms in total. The van der Waals surface area contributed by atoms with Crippen molar-refractivity contribution >= 4 is 0 Å². The molecule has 0 amide bonds. The van der Waals surface area contributed by atoms with Gasteiger partial charge in [0.15, 0.2) is 0 Å². The maximum Gasteiger partial charge on any atom is 0.106 e. The van der Waals surface area contributed by atoms with Crippen molar-refractivity contribution in [2.75, 3.05) is 19.8 Å². The Bertz CT molecular complexity index is 273. The fourth-order valence-corrected chi connectivity index (χ4v) is 1.56. The van der Waals surface area contributed by atoms with Gasteiger partial charge in [0.2, 0.25) is 0 Å². The van der Waals surface area contributed by atoms with Crippen LogP contribution in [0.15, 0.2) is 30.3 Å². The lowest BCUT2D eigenvalue weighted by Crippen LogP contribution is -2.33. The molecule has 1 saturated heterocycles. The number of hydrogen-bond acceptors (Lipinski definition) is 3. The Kier molecular flexibility index (Phi) is 3.14. The minimum absolute atomic E-state index is 0.0172. The van der Waals surface area contributed by atoms with Crippen molar-refractivity contribution in [1.29, 1.82) is 0 Å². The predicted octanol–water partition coefficient (Wildman–Crippen LogP) is 1.14. The van der Waals surface area contributed by atoms with Gasteiger partial charge in [0.1, 0.15) is 12.2 Å². The Morgan fingerprint density at radius 3 is 2.71 bits per heavy atom. The van der Waals surface area contributed by atoms with Crippen molar-refractivity contribution in [2.45, 2.75) is 12.2 Å². The number of hydrogen-bond donors (Lipinski definition) is 1. The summed E-state index contributed by atoms with van der Waals surface area (Å²) in [6, 6.07) is 9.93. The average Bonchev–Trinajstić information content (AvgIpc) is 2.30. The number of benzene rings is 1. The molecule has 0 aliphatic carbocycles. The van der Waals surface area contributed by atoms with Gasteiger partial charge in [-0.05, 0) is 5.56 Å². The van der Waals surface area contributed by atoms with Gasteiger partial charge in [0.05, 0.1) is 19.8 Å². The Hall–Kier alpha value is -0.900. The van der Waals surface area contributed by atoms with Crippen LogP contribution < -0.4 is 0 Å². The number of rotatable bonds is 2. The highest BCUT2D eigenvalue weighted by atomic mass is 16.6. The zero-order valence-corrected chi connectivity index (χ0v) is 7.93. The van der Waals surface area contributed by atoms with Gasteiger partial charge in [-0.2, -0.15) is 0 Å². The highest BCUT2D eigenvalue weighted by Crippen LogP contribution is 2.22. The molecule has 14 heavy (non-hydrogen) atoms. The van der Waals surface area contributed by atoms with Gasteiger partial charge in [0, 0.05) is 0 Å². The van der Waals surface area contributed by atoms with E-state index < -0.39 is 0 Å². The second-order valence-corrected chi connectivity index (χ2v) is 3.38. The molecule has 76 valence electrons. The summed E-state index contributed by atoms with van der Waals surface area (Å²) < 4.78 is 11.0. The zero-order chi connectivity index (χ0) is 9.80. The molecule has 1 aliphatic heterocycles. The number of ether oxygens (including phenoxy) is 2. The van der Waals surface area contributed by atoms with Crippen LogP contribution >= 0.6 is 0 Å². The average molecular weight is 194 g/mol. The van der Waals surface area contributed by atoms with Gasteiger partial charge in [-0.3, -0.25) is 0 Å². The maximum absolute atomic E-state index is 8.95. The first-order chi connectivity index (χ1) is 6.90. The lowest BCUT2D eigenvalue weighted by atomic mass is 10.1. The van der Waals surface area contributed by atoms with Crippen LogP contribution in [0.1, 0.15) is 11.7 Å². The first-order valence-corrected chi connectivity index (χ1v) is 4.79. The van der Waals surface area contributed by atoms with Crippen molar-refractivity contribution in [2.24, 2.45) is 0 Å². The van der Waals surface area contributed by atoms with Crippen molar-refractivity contribution < 1.29 is 14.6 Å². The second-order valence-electron chi connectivity index (χ2n) is 3.38. The molecule has 2 atom stereocenters. The molecule has 1 aromatic carbocycles. The van der Waals surface area contributed by atoms with E-state index in [0.717, 1.165) is 5.56 Å². The summed E-state index contributed by atoms with van der Waals surface area (Å²) in [5, 5.41) is 8.95. The smallest absolute Gasteiger partial charge is 0.106 e. The van der Waals surface area contributed by atoms with Crippen molar-refractivity contribution in [3.8, 4) is 0 Å². The van der Waals surface area contributed by atoms with Crippen LogP contribution in [0.4, 0.5) is 0 Å². The molecular weight excluding hydrogens is 180 g/mol. The third-order valence-corrected chi connectivity index (χ3v) is 2.30. The summed E-state index contributed by atoms with van der Waals surface area (Å²) in [5.41, 5.74) is 1.10. The van der Waals surface area contributed by atoms with Crippen LogP contribution in [0.3, 0.4) is 0 Å². The zero-order valence-electron chi connectivity index (χ0n) is 7.93. The summed E-state index contributed by atoms with van der Waals surface area (Å²) in [7, 11) is 0. The van der Waals surface area contributed by atoms with Gasteiger partial charge < -0.3 is 14.6 Å². The Morgan fingerprint density at radius 1 is 1.21 bits per heavy atom. The van der Waals surface area contributed by atoms with E-state index in [0.29, 0.717) is 13.2 Å². The molecule has 1 heterocycles. The molecule has 3 heteroatoms. The molecule has 0 radical (unpaired) electrons. The summed E-state index contributed by atoms with van der Waals surface area (Å²) >= 11 is 0. The van der Waals surface area contributed by atoms with E-state index in [9.17, 15) is 0 Å². The van der Waals surface area contributed by atoms with E-state index in [1.165, 1.54) is 0 Å². The normalized spacial score (nSPS) is 27.5. The molecule has 1 aromatic rings. The highest BCUT2D eigenvalue weighted by molar-refractivity contribution is 5.17. The predicted molar refractivity (Wildman–Crippen MR) is 52.0 cm³/mol. The summed E-state index contributed by atoms with van der Waals surface area (Å²) in [6.45, 7) is 1.07. The van der Waals surface area contributed by atoms with Crippen LogP contribution in [0.2, 0.25) is 0 Å². The van der Waals surface area contributed by atoms with Crippen LogP contribution in [0.25, 0.3) is 0 Å². The van der Waals surface area contributed by atoms with E-state index in [1.54, 1.807) is 0 Å². The Balaban J connectivity index is 2.04. The van der Waals surface area contributed by atoms with Gasteiger partial charge in [-0.1, -0.05) is 30.3 Å². The minimum atomic E-state index is -0.186. The SMILES string of the molecule is OC[C@@H]1COC[C@@H](c2ccccc2)O1. The summed E-state index contributed by atoms with van der Waals surface area (Å²) in [4.78, 5) is 0. The standard InChI is InChI=1S/C11H14O3/c12-6-10-7-13-8-11(14-10)9-4-2-1-3-5-9/h1-5,10-12H,6-8H2/t10-,11+/m1/s1. The van der Waals surface area contributed by atoms with Crippen LogP contribution in [-0.4, -0.2) is 31.0 Å². The van der Waals surface area contributed by atoms with E-state index in [2.05, 4.69) is 0 Å². The van der Waals surface area contributed by atoms with Gasteiger partial charge in [-0.15, -0.1) is 0 Å². The molecule has 0 unspecified atom stereocenters.